The molecule has 0 aliphatic carbocycles. The highest BCUT2D eigenvalue weighted by molar-refractivity contribution is 5.85. The minimum absolute atomic E-state index is 0.0235. The molecule has 1 saturated heterocycles. The van der Waals surface area contributed by atoms with Crippen LogP contribution in [0.3, 0.4) is 0 Å². The molecule has 0 saturated carbocycles. The van der Waals surface area contributed by atoms with E-state index in [9.17, 15) is 14.4 Å². The van der Waals surface area contributed by atoms with Crippen molar-refractivity contribution in [3.63, 3.8) is 0 Å². The zero-order chi connectivity index (χ0) is 12.8. The molecule has 96 valence electrons. The minimum Gasteiger partial charge on any atom is -0.481 e. The van der Waals surface area contributed by atoms with E-state index in [0.29, 0.717) is 19.5 Å². The largest absolute Gasteiger partial charge is 0.481 e. The molecule has 0 aromatic rings. The number of carboxylic acids is 1. The van der Waals surface area contributed by atoms with E-state index >= 15 is 0 Å². The van der Waals surface area contributed by atoms with Crippen molar-refractivity contribution in [2.75, 3.05) is 26.2 Å². The lowest BCUT2D eigenvalue weighted by atomic mass is 10.1. The van der Waals surface area contributed by atoms with Crippen molar-refractivity contribution in [3.8, 4) is 0 Å². The molecule has 1 atom stereocenters. The lowest BCUT2D eigenvalue weighted by Gasteiger charge is -2.27. The van der Waals surface area contributed by atoms with Gasteiger partial charge in [0.05, 0.1) is 5.92 Å². The van der Waals surface area contributed by atoms with Gasteiger partial charge in [0, 0.05) is 19.6 Å². The van der Waals surface area contributed by atoms with Crippen LogP contribution in [0.4, 0.5) is 4.79 Å². The zero-order valence-corrected chi connectivity index (χ0v) is 9.73. The molecule has 17 heavy (non-hydrogen) atoms. The maximum absolute atomic E-state index is 11.6. The Morgan fingerprint density at radius 2 is 2.29 bits per heavy atom. The summed E-state index contributed by atoms with van der Waals surface area (Å²) >= 11 is 0. The van der Waals surface area contributed by atoms with Gasteiger partial charge in [0.2, 0.25) is 5.91 Å². The van der Waals surface area contributed by atoms with Gasteiger partial charge in [0.25, 0.3) is 0 Å². The molecule has 1 aliphatic heterocycles. The Morgan fingerprint density at radius 3 is 2.82 bits per heavy atom. The van der Waals surface area contributed by atoms with Crippen molar-refractivity contribution in [2.45, 2.75) is 13.3 Å². The summed E-state index contributed by atoms with van der Waals surface area (Å²) in [7, 11) is 0. The van der Waals surface area contributed by atoms with E-state index in [2.05, 4.69) is 10.6 Å². The topological polar surface area (TPSA) is 98.7 Å². The van der Waals surface area contributed by atoms with Crippen LogP contribution in [0.1, 0.15) is 13.3 Å². The van der Waals surface area contributed by atoms with E-state index in [0.717, 1.165) is 0 Å². The fourth-order valence-electron chi connectivity index (χ4n) is 1.54. The summed E-state index contributed by atoms with van der Waals surface area (Å²) < 4.78 is 0. The molecule has 0 aromatic heterocycles. The number of carboxylic acid groups (broad SMARTS) is 1. The number of amides is 3. The van der Waals surface area contributed by atoms with E-state index < -0.39 is 11.9 Å². The maximum atomic E-state index is 11.6. The van der Waals surface area contributed by atoms with Crippen LogP contribution in [0.5, 0.6) is 0 Å². The summed E-state index contributed by atoms with van der Waals surface area (Å²) in [6.45, 7) is 2.74. The van der Waals surface area contributed by atoms with Crippen LogP contribution in [0, 0.1) is 5.92 Å². The van der Waals surface area contributed by atoms with Crippen LogP contribution in [-0.2, 0) is 9.59 Å². The molecule has 7 nitrogen and oxygen atoms in total. The Balaban J connectivity index is 2.38. The molecule has 1 aliphatic rings. The third kappa shape index (κ3) is 3.93. The number of carbonyl (C=O) groups is 3. The fourth-order valence-corrected chi connectivity index (χ4v) is 1.54. The van der Waals surface area contributed by atoms with Crippen molar-refractivity contribution in [1.29, 1.82) is 0 Å². The first-order valence-electron chi connectivity index (χ1n) is 5.56. The summed E-state index contributed by atoms with van der Waals surface area (Å²) in [4.78, 5) is 34.8. The number of aliphatic carboxylic acids is 1. The van der Waals surface area contributed by atoms with Gasteiger partial charge in [0.15, 0.2) is 0 Å². The molecule has 7 heteroatoms. The monoisotopic (exact) mass is 243 g/mol. The van der Waals surface area contributed by atoms with Gasteiger partial charge in [0.1, 0.15) is 6.54 Å². The molecule has 0 aromatic carbocycles. The van der Waals surface area contributed by atoms with Gasteiger partial charge in [-0.2, -0.15) is 0 Å². The Bertz CT molecular complexity index is 319. The van der Waals surface area contributed by atoms with Crippen molar-refractivity contribution < 1.29 is 19.5 Å². The molecule has 3 amide bonds. The van der Waals surface area contributed by atoms with E-state index in [1.807, 2.05) is 0 Å². The fraction of sp³-hybridized carbons (Fsp3) is 0.700. The quantitative estimate of drug-likeness (QED) is 0.604. The molecule has 3 N–H and O–H groups in total. The molecule has 0 spiro atoms. The molecule has 0 radical (unpaired) electrons. The smallest absolute Gasteiger partial charge is 0.317 e. The highest BCUT2D eigenvalue weighted by Crippen LogP contribution is 2.01. The first-order chi connectivity index (χ1) is 8.04. The predicted octanol–water partition coefficient (Wildman–Crippen LogP) is -0.761. The van der Waals surface area contributed by atoms with Crippen LogP contribution >= 0.6 is 0 Å². The molecule has 1 unspecified atom stereocenters. The molecule has 0 bridgehead atoms. The molecular weight excluding hydrogens is 226 g/mol. The number of piperazine rings is 1. The third-order valence-corrected chi connectivity index (χ3v) is 2.67. The summed E-state index contributed by atoms with van der Waals surface area (Å²) in [6, 6.07) is -0.389. The maximum Gasteiger partial charge on any atom is 0.317 e. The first-order valence-corrected chi connectivity index (χ1v) is 5.56. The molecule has 1 rings (SSSR count). The van der Waals surface area contributed by atoms with E-state index in [1.165, 1.54) is 4.90 Å². The summed E-state index contributed by atoms with van der Waals surface area (Å²) in [5.74, 6) is -1.71. The highest BCUT2D eigenvalue weighted by atomic mass is 16.4. The summed E-state index contributed by atoms with van der Waals surface area (Å²) in [5.41, 5.74) is 0. The Labute approximate surface area is 99.2 Å². The van der Waals surface area contributed by atoms with E-state index in [4.69, 9.17) is 5.11 Å². The lowest BCUT2D eigenvalue weighted by molar-refractivity contribution is -0.141. The van der Waals surface area contributed by atoms with Gasteiger partial charge in [-0.05, 0) is 6.42 Å². The number of hydrogen-bond donors (Lipinski definition) is 3. The van der Waals surface area contributed by atoms with Gasteiger partial charge in [-0.25, -0.2) is 4.79 Å². The number of rotatable bonds is 4. The summed E-state index contributed by atoms with van der Waals surface area (Å²) in [5, 5.41) is 13.9. The van der Waals surface area contributed by atoms with Gasteiger partial charge < -0.3 is 20.6 Å². The van der Waals surface area contributed by atoms with Crippen molar-refractivity contribution in [3.05, 3.63) is 0 Å². The van der Waals surface area contributed by atoms with Crippen LogP contribution in [0.2, 0.25) is 0 Å². The van der Waals surface area contributed by atoms with Crippen LogP contribution in [0.25, 0.3) is 0 Å². The average Bonchev–Trinajstić information content (AvgIpc) is 2.29. The minimum atomic E-state index is -0.927. The Kier molecular flexibility index (Phi) is 4.74. The predicted molar refractivity (Wildman–Crippen MR) is 59.4 cm³/mol. The lowest BCUT2D eigenvalue weighted by Crippen LogP contribution is -2.53. The van der Waals surface area contributed by atoms with Crippen LogP contribution in [-0.4, -0.2) is 54.1 Å². The van der Waals surface area contributed by atoms with E-state index in [1.54, 1.807) is 6.92 Å². The molecule has 1 heterocycles. The number of urea groups is 1. The van der Waals surface area contributed by atoms with Crippen LogP contribution in [0.15, 0.2) is 0 Å². The average molecular weight is 243 g/mol. The highest BCUT2D eigenvalue weighted by Gasteiger charge is 2.22. The molecular formula is C10H17N3O4. The van der Waals surface area contributed by atoms with Gasteiger partial charge >= 0.3 is 12.0 Å². The van der Waals surface area contributed by atoms with Gasteiger partial charge in [-0.1, -0.05) is 6.92 Å². The number of nitrogens with zero attached hydrogens (tertiary/aromatic N) is 1. The molecule has 1 fully saturated rings. The number of nitrogens with one attached hydrogen (secondary N) is 2. The zero-order valence-electron chi connectivity index (χ0n) is 9.73. The first kappa shape index (κ1) is 13.3. The van der Waals surface area contributed by atoms with Gasteiger partial charge in [-0.3, -0.25) is 9.59 Å². The second-order valence-electron chi connectivity index (χ2n) is 3.90. The standard InChI is InChI=1S/C10H17N3O4/c1-2-7(9(15)16)5-12-10(17)13-4-3-11-8(14)6-13/h7H,2-6H2,1H3,(H,11,14)(H,12,17)(H,15,16). The van der Waals surface area contributed by atoms with Gasteiger partial charge in [-0.15, -0.1) is 0 Å². The Hall–Kier alpha value is -1.79. The SMILES string of the molecule is CCC(CNC(=O)N1CCNC(=O)C1)C(=O)O. The van der Waals surface area contributed by atoms with Crippen molar-refractivity contribution in [1.82, 2.24) is 15.5 Å². The number of hydrogen-bond acceptors (Lipinski definition) is 3. The van der Waals surface area contributed by atoms with Crippen LogP contribution < -0.4 is 10.6 Å². The van der Waals surface area contributed by atoms with Crippen molar-refractivity contribution >= 4 is 17.9 Å². The van der Waals surface area contributed by atoms with Crippen molar-refractivity contribution in [2.24, 2.45) is 5.92 Å². The second kappa shape index (κ2) is 6.07. The summed E-state index contributed by atoms with van der Waals surface area (Å²) in [6.07, 6.45) is 0.454. The second-order valence-corrected chi connectivity index (χ2v) is 3.90. The normalized spacial score (nSPS) is 17.2. The Morgan fingerprint density at radius 1 is 1.59 bits per heavy atom. The number of carbonyl (C=O) groups excluding carboxylic acids is 2. The van der Waals surface area contributed by atoms with E-state index in [-0.39, 0.29) is 25.0 Å². The third-order valence-electron chi connectivity index (χ3n) is 2.67.